The van der Waals surface area contributed by atoms with Crippen molar-refractivity contribution in [1.82, 2.24) is 14.6 Å². The number of aliphatic carboxylic acids is 1. The molecule has 0 amide bonds. The molecule has 18 heavy (non-hydrogen) atoms. The highest BCUT2D eigenvalue weighted by Gasteiger charge is 2.09. The van der Waals surface area contributed by atoms with E-state index >= 15 is 0 Å². The Morgan fingerprint density at radius 1 is 1.17 bits per heavy atom. The number of carboxylic acid groups (broad SMARTS) is 1. The van der Waals surface area contributed by atoms with Gasteiger partial charge in [0.2, 0.25) is 0 Å². The van der Waals surface area contributed by atoms with Gasteiger partial charge >= 0.3 is 5.97 Å². The van der Waals surface area contributed by atoms with Gasteiger partial charge in [0, 0.05) is 6.42 Å². The lowest BCUT2D eigenvalue weighted by molar-refractivity contribution is -0.137. The zero-order valence-corrected chi connectivity index (χ0v) is 9.58. The molecule has 90 valence electrons. The van der Waals surface area contributed by atoms with Crippen molar-refractivity contribution in [3.05, 3.63) is 42.2 Å². The standard InChI is InChI=1S/C13H11N3O2/c17-13(18)8-7-12-15-14-11-6-5-9-3-1-2-4-10(9)16(11)12/h1-6H,7-8H2,(H,17,18). The molecule has 2 aromatic heterocycles. The number of carbonyl (C=O) groups is 1. The van der Waals surface area contributed by atoms with Crippen LogP contribution in [-0.4, -0.2) is 25.7 Å². The molecule has 1 aromatic carbocycles. The van der Waals surface area contributed by atoms with Crippen LogP contribution in [0.15, 0.2) is 36.4 Å². The Morgan fingerprint density at radius 3 is 2.83 bits per heavy atom. The van der Waals surface area contributed by atoms with Gasteiger partial charge in [0.1, 0.15) is 5.82 Å². The van der Waals surface area contributed by atoms with E-state index in [0.717, 1.165) is 16.6 Å². The van der Waals surface area contributed by atoms with Gasteiger partial charge in [-0.25, -0.2) is 0 Å². The Balaban J connectivity index is 2.20. The largest absolute Gasteiger partial charge is 0.481 e. The smallest absolute Gasteiger partial charge is 0.303 e. The van der Waals surface area contributed by atoms with E-state index in [2.05, 4.69) is 10.2 Å². The summed E-state index contributed by atoms with van der Waals surface area (Å²) in [4.78, 5) is 10.6. The van der Waals surface area contributed by atoms with Gasteiger partial charge in [-0.3, -0.25) is 9.20 Å². The summed E-state index contributed by atoms with van der Waals surface area (Å²) < 4.78 is 1.91. The summed E-state index contributed by atoms with van der Waals surface area (Å²) in [6, 6.07) is 11.8. The summed E-state index contributed by atoms with van der Waals surface area (Å²) >= 11 is 0. The number of hydrogen-bond acceptors (Lipinski definition) is 3. The Kier molecular flexibility index (Phi) is 2.44. The number of rotatable bonds is 3. The summed E-state index contributed by atoms with van der Waals surface area (Å²) in [5.74, 6) is -0.142. The van der Waals surface area contributed by atoms with Gasteiger partial charge in [-0.15, -0.1) is 10.2 Å². The van der Waals surface area contributed by atoms with Crippen molar-refractivity contribution < 1.29 is 9.90 Å². The number of pyridine rings is 1. The maximum absolute atomic E-state index is 10.6. The maximum Gasteiger partial charge on any atom is 0.303 e. The molecule has 0 unspecified atom stereocenters. The molecule has 3 rings (SSSR count). The number of carboxylic acids is 1. The van der Waals surface area contributed by atoms with Crippen LogP contribution in [0.4, 0.5) is 0 Å². The fraction of sp³-hybridized carbons (Fsp3) is 0.154. The minimum Gasteiger partial charge on any atom is -0.481 e. The Labute approximate surface area is 103 Å². The molecular formula is C13H11N3O2. The Morgan fingerprint density at radius 2 is 2.00 bits per heavy atom. The van der Waals surface area contributed by atoms with E-state index in [1.165, 1.54) is 0 Å². The van der Waals surface area contributed by atoms with E-state index in [1.807, 2.05) is 40.8 Å². The number of fused-ring (bicyclic) bond motifs is 3. The van der Waals surface area contributed by atoms with E-state index in [-0.39, 0.29) is 6.42 Å². The molecule has 0 atom stereocenters. The first-order valence-electron chi connectivity index (χ1n) is 5.69. The highest BCUT2D eigenvalue weighted by molar-refractivity contribution is 5.82. The fourth-order valence-electron chi connectivity index (χ4n) is 2.08. The van der Waals surface area contributed by atoms with Crippen molar-refractivity contribution in [2.75, 3.05) is 0 Å². The highest BCUT2D eigenvalue weighted by atomic mass is 16.4. The minimum absolute atomic E-state index is 0.0595. The molecule has 5 nitrogen and oxygen atoms in total. The average Bonchev–Trinajstić information content (AvgIpc) is 2.80. The van der Waals surface area contributed by atoms with Gasteiger partial charge in [0.25, 0.3) is 0 Å². The summed E-state index contributed by atoms with van der Waals surface area (Å²) in [6.45, 7) is 0. The van der Waals surface area contributed by atoms with Crippen LogP contribution in [0.2, 0.25) is 0 Å². The first-order chi connectivity index (χ1) is 8.75. The second-order valence-electron chi connectivity index (χ2n) is 4.10. The second kappa shape index (κ2) is 4.10. The van der Waals surface area contributed by atoms with E-state index in [0.29, 0.717) is 12.2 Å². The Hall–Kier alpha value is -2.43. The second-order valence-corrected chi connectivity index (χ2v) is 4.10. The van der Waals surface area contributed by atoms with Gasteiger partial charge in [0.05, 0.1) is 11.9 Å². The molecule has 0 saturated heterocycles. The van der Waals surface area contributed by atoms with E-state index in [9.17, 15) is 4.79 Å². The molecule has 5 heteroatoms. The van der Waals surface area contributed by atoms with Gasteiger partial charge in [-0.05, 0) is 23.6 Å². The van der Waals surface area contributed by atoms with Crippen LogP contribution < -0.4 is 0 Å². The lowest BCUT2D eigenvalue weighted by Gasteiger charge is -2.03. The van der Waals surface area contributed by atoms with Gasteiger partial charge in [-0.2, -0.15) is 0 Å². The van der Waals surface area contributed by atoms with E-state index in [1.54, 1.807) is 0 Å². The molecule has 0 radical (unpaired) electrons. The van der Waals surface area contributed by atoms with E-state index < -0.39 is 5.97 Å². The third kappa shape index (κ3) is 1.69. The molecule has 0 spiro atoms. The predicted molar refractivity (Wildman–Crippen MR) is 66.4 cm³/mol. The van der Waals surface area contributed by atoms with Crippen LogP contribution in [-0.2, 0) is 11.2 Å². The van der Waals surface area contributed by atoms with Crippen LogP contribution in [0.25, 0.3) is 16.6 Å². The summed E-state index contributed by atoms with van der Waals surface area (Å²) in [7, 11) is 0. The molecule has 0 aliphatic rings. The van der Waals surface area contributed by atoms with Gasteiger partial charge < -0.3 is 5.11 Å². The lowest BCUT2D eigenvalue weighted by atomic mass is 10.2. The Bertz CT molecular complexity index is 733. The van der Waals surface area contributed by atoms with Crippen molar-refractivity contribution in [1.29, 1.82) is 0 Å². The maximum atomic E-state index is 10.6. The van der Waals surface area contributed by atoms with Crippen molar-refractivity contribution in [3.63, 3.8) is 0 Å². The van der Waals surface area contributed by atoms with Crippen LogP contribution in [0.5, 0.6) is 0 Å². The summed E-state index contributed by atoms with van der Waals surface area (Å²) in [5.41, 5.74) is 1.74. The van der Waals surface area contributed by atoms with Gasteiger partial charge in [0.15, 0.2) is 5.65 Å². The average molecular weight is 241 g/mol. The SMILES string of the molecule is O=C(O)CCc1nnc2ccc3ccccc3n12. The third-order valence-electron chi connectivity index (χ3n) is 2.91. The minimum atomic E-state index is -0.827. The topological polar surface area (TPSA) is 67.5 Å². The zero-order valence-electron chi connectivity index (χ0n) is 9.58. The number of hydrogen-bond donors (Lipinski definition) is 1. The fourth-order valence-corrected chi connectivity index (χ4v) is 2.08. The quantitative estimate of drug-likeness (QED) is 0.760. The zero-order chi connectivity index (χ0) is 12.5. The first-order valence-corrected chi connectivity index (χ1v) is 5.69. The molecule has 1 N–H and O–H groups in total. The predicted octanol–water partition coefficient (Wildman–Crippen LogP) is 1.90. The van der Waals surface area contributed by atoms with Crippen LogP contribution in [0, 0.1) is 0 Å². The lowest BCUT2D eigenvalue weighted by Crippen LogP contribution is -2.02. The number of nitrogens with zero attached hydrogens (tertiary/aromatic N) is 3. The monoisotopic (exact) mass is 241 g/mol. The highest BCUT2D eigenvalue weighted by Crippen LogP contribution is 2.17. The van der Waals surface area contributed by atoms with Crippen LogP contribution >= 0.6 is 0 Å². The van der Waals surface area contributed by atoms with Crippen LogP contribution in [0.3, 0.4) is 0 Å². The number of aryl methyl sites for hydroxylation is 1. The van der Waals surface area contributed by atoms with E-state index in [4.69, 9.17) is 5.11 Å². The summed E-state index contributed by atoms with van der Waals surface area (Å²) in [5, 5.41) is 18.0. The number of para-hydroxylation sites is 1. The van der Waals surface area contributed by atoms with Crippen molar-refractivity contribution in [2.45, 2.75) is 12.8 Å². The molecule has 0 fully saturated rings. The molecule has 0 bridgehead atoms. The van der Waals surface area contributed by atoms with Gasteiger partial charge in [-0.1, -0.05) is 18.2 Å². The van der Waals surface area contributed by atoms with Crippen molar-refractivity contribution in [2.24, 2.45) is 0 Å². The molecule has 3 aromatic rings. The van der Waals surface area contributed by atoms with Crippen LogP contribution in [0.1, 0.15) is 12.2 Å². The molecule has 2 heterocycles. The number of aromatic nitrogens is 3. The number of benzene rings is 1. The molecule has 0 aliphatic heterocycles. The first kappa shape index (κ1) is 10.7. The van der Waals surface area contributed by atoms with Crippen molar-refractivity contribution >= 4 is 22.5 Å². The molecular weight excluding hydrogens is 230 g/mol. The third-order valence-corrected chi connectivity index (χ3v) is 2.91. The normalized spacial score (nSPS) is 11.1. The summed E-state index contributed by atoms with van der Waals surface area (Å²) in [6.07, 6.45) is 0.439. The van der Waals surface area contributed by atoms with Crippen molar-refractivity contribution in [3.8, 4) is 0 Å². The molecule has 0 saturated carbocycles. The molecule has 0 aliphatic carbocycles.